The number of ether oxygens (including phenoxy) is 1. The highest BCUT2D eigenvalue weighted by Crippen LogP contribution is 2.36. The average Bonchev–Trinajstić information content (AvgIpc) is 2.34. The molecule has 0 heterocycles. The second kappa shape index (κ2) is 5.19. The first-order valence-corrected chi connectivity index (χ1v) is 6.68. The molecule has 3 N–H and O–H groups in total. The third kappa shape index (κ3) is 3.46. The second-order valence-electron chi connectivity index (χ2n) is 6.04. The monoisotopic (exact) mass is 264 g/mol. The van der Waals surface area contributed by atoms with E-state index in [1.54, 1.807) is 12.1 Å². The number of rotatable bonds is 3. The van der Waals surface area contributed by atoms with Gasteiger partial charge in [0.2, 0.25) is 0 Å². The van der Waals surface area contributed by atoms with Crippen LogP contribution in [0.25, 0.3) is 0 Å². The lowest BCUT2D eigenvalue weighted by atomic mass is 9.76. The molecule has 1 saturated carbocycles. The molecular formula is C15H21FN2O. The van der Waals surface area contributed by atoms with Gasteiger partial charge in [-0.05, 0) is 49.3 Å². The van der Waals surface area contributed by atoms with Gasteiger partial charge in [-0.2, -0.15) is 0 Å². The summed E-state index contributed by atoms with van der Waals surface area (Å²) in [6.45, 7) is 4.51. The summed E-state index contributed by atoms with van der Waals surface area (Å²) in [5.74, 6) is -0.322. The van der Waals surface area contributed by atoms with Gasteiger partial charge in [0.25, 0.3) is 0 Å². The van der Waals surface area contributed by atoms with Gasteiger partial charge < -0.3 is 10.5 Å². The third-order valence-electron chi connectivity index (χ3n) is 3.82. The Hall–Kier alpha value is -1.58. The maximum absolute atomic E-state index is 13.8. The first-order valence-electron chi connectivity index (χ1n) is 6.68. The lowest BCUT2D eigenvalue weighted by Crippen LogP contribution is -2.28. The highest BCUT2D eigenvalue weighted by Gasteiger charge is 2.28. The van der Waals surface area contributed by atoms with Crippen LogP contribution in [0.4, 0.5) is 4.39 Å². The van der Waals surface area contributed by atoms with Crippen LogP contribution in [0.15, 0.2) is 18.2 Å². The van der Waals surface area contributed by atoms with Crippen molar-refractivity contribution >= 4 is 5.84 Å². The molecule has 0 unspecified atom stereocenters. The van der Waals surface area contributed by atoms with E-state index in [0.717, 1.165) is 25.7 Å². The number of nitrogen functional groups attached to an aromatic ring is 1. The number of hydrogen-bond donors (Lipinski definition) is 2. The van der Waals surface area contributed by atoms with Gasteiger partial charge >= 0.3 is 0 Å². The highest BCUT2D eigenvalue weighted by atomic mass is 19.1. The zero-order valence-electron chi connectivity index (χ0n) is 11.5. The normalized spacial score (nSPS) is 19.1. The molecule has 104 valence electrons. The standard InChI is InChI=1S/C15H21FN2O/c1-15(2)7-5-11(6-8-15)19-13-4-3-10(14(17)18)9-12(13)16/h3-4,9,11H,5-8H2,1-2H3,(H3,17,18). The van der Waals surface area contributed by atoms with Crippen LogP contribution in [0.2, 0.25) is 0 Å². The Bertz CT molecular complexity index is 475. The van der Waals surface area contributed by atoms with E-state index in [0.29, 0.717) is 11.0 Å². The fourth-order valence-corrected chi connectivity index (χ4v) is 2.43. The minimum absolute atomic E-state index is 0.0886. The van der Waals surface area contributed by atoms with Gasteiger partial charge in [-0.15, -0.1) is 0 Å². The molecule has 0 amide bonds. The fraction of sp³-hybridized carbons (Fsp3) is 0.533. The number of nitrogens with two attached hydrogens (primary N) is 1. The van der Waals surface area contributed by atoms with Crippen molar-refractivity contribution in [3.8, 4) is 5.75 Å². The molecule has 3 nitrogen and oxygen atoms in total. The van der Waals surface area contributed by atoms with Crippen molar-refractivity contribution in [1.29, 1.82) is 5.41 Å². The lowest BCUT2D eigenvalue weighted by Gasteiger charge is -2.34. The van der Waals surface area contributed by atoms with Gasteiger partial charge in [-0.25, -0.2) is 4.39 Å². The van der Waals surface area contributed by atoms with Crippen molar-refractivity contribution < 1.29 is 9.13 Å². The Labute approximate surface area is 113 Å². The predicted octanol–water partition coefficient (Wildman–Crippen LogP) is 3.46. The van der Waals surface area contributed by atoms with Crippen molar-refractivity contribution in [3.63, 3.8) is 0 Å². The van der Waals surface area contributed by atoms with Crippen molar-refractivity contribution in [2.45, 2.75) is 45.6 Å². The average molecular weight is 264 g/mol. The second-order valence-corrected chi connectivity index (χ2v) is 6.04. The first kappa shape index (κ1) is 13.8. The fourth-order valence-electron chi connectivity index (χ4n) is 2.43. The van der Waals surface area contributed by atoms with Gasteiger partial charge in [0, 0.05) is 5.56 Å². The highest BCUT2D eigenvalue weighted by molar-refractivity contribution is 5.95. The topological polar surface area (TPSA) is 59.1 Å². The largest absolute Gasteiger partial charge is 0.487 e. The van der Waals surface area contributed by atoms with E-state index < -0.39 is 5.82 Å². The molecule has 0 atom stereocenters. The Balaban J connectivity index is 2.02. The number of nitrogens with one attached hydrogen (secondary N) is 1. The molecule has 0 saturated heterocycles. The molecule has 0 spiro atoms. The molecule has 1 fully saturated rings. The van der Waals surface area contributed by atoms with Gasteiger partial charge in [-0.1, -0.05) is 13.8 Å². The van der Waals surface area contributed by atoms with Crippen LogP contribution in [0.5, 0.6) is 5.75 Å². The maximum Gasteiger partial charge on any atom is 0.165 e. The number of halogens is 1. The number of benzene rings is 1. The van der Waals surface area contributed by atoms with Gasteiger partial charge in [-0.3, -0.25) is 5.41 Å². The molecule has 1 aromatic carbocycles. The van der Waals surface area contributed by atoms with Crippen LogP contribution in [-0.2, 0) is 0 Å². The minimum atomic E-state index is -0.447. The molecule has 1 aromatic rings. The Morgan fingerprint density at radius 2 is 2.00 bits per heavy atom. The van der Waals surface area contributed by atoms with E-state index in [9.17, 15) is 4.39 Å². The zero-order chi connectivity index (χ0) is 14.0. The van der Waals surface area contributed by atoms with Crippen LogP contribution >= 0.6 is 0 Å². The third-order valence-corrected chi connectivity index (χ3v) is 3.82. The summed E-state index contributed by atoms with van der Waals surface area (Å²) in [6.07, 6.45) is 4.21. The SMILES string of the molecule is CC1(C)CCC(Oc2ccc(C(=N)N)cc2F)CC1. The van der Waals surface area contributed by atoms with Gasteiger partial charge in [0.1, 0.15) is 5.84 Å². The maximum atomic E-state index is 13.8. The molecule has 19 heavy (non-hydrogen) atoms. The predicted molar refractivity (Wildman–Crippen MR) is 74.1 cm³/mol. The summed E-state index contributed by atoms with van der Waals surface area (Å²) >= 11 is 0. The zero-order valence-corrected chi connectivity index (χ0v) is 11.5. The number of hydrogen-bond acceptors (Lipinski definition) is 2. The van der Waals surface area contributed by atoms with Crippen LogP contribution in [0.3, 0.4) is 0 Å². The smallest absolute Gasteiger partial charge is 0.165 e. The first-order chi connectivity index (χ1) is 8.87. The molecule has 0 aromatic heterocycles. The molecule has 4 heteroatoms. The van der Waals surface area contributed by atoms with Gasteiger partial charge in [0.05, 0.1) is 6.10 Å². The molecule has 2 rings (SSSR count). The van der Waals surface area contributed by atoms with Gasteiger partial charge in [0.15, 0.2) is 11.6 Å². The Morgan fingerprint density at radius 3 is 2.53 bits per heavy atom. The molecule has 1 aliphatic rings. The van der Waals surface area contributed by atoms with Crippen LogP contribution in [-0.4, -0.2) is 11.9 Å². The van der Waals surface area contributed by atoms with E-state index in [1.165, 1.54) is 6.07 Å². The van der Waals surface area contributed by atoms with E-state index >= 15 is 0 Å². The van der Waals surface area contributed by atoms with E-state index in [-0.39, 0.29) is 17.7 Å². The summed E-state index contributed by atoms with van der Waals surface area (Å²) in [6, 6.07) is 4.43. The molecule has 1 aliphatic carbocycles. The quantitative estimate of drug-likeness (QED) is 0.649. The molecule has 0 radical (unpaired) electrons. The van der Waals surface area contributed by atoms with E-state index in [2.05, 4.69) is 13.8 Å². The summed E-state index contributed by atoms with van der Waals surface area (Å²) in [5.41, 5.74) is 6.08. The lowest BCUT2D eigenvalue weighted by molar-refractivity contribution is 0.0953. The van der Waals surface area contributed by atoms with Crippen LogP contribution in [0.1, 0.15) is 45.1 Å². The Morgan fingerprint density at radius 1 is 1.37 bits per heavy atom. The molecule has 0 bridgehead atoms. The van der Waals surface area contributed by atoms with Crippen molar-refractivity contribution in [3.05, 3.63) is 29.6 Å². The van der Waals surface area contributed by atoms with Crippen molar-refractivity contribution in [2.24, 2.45) is 11.1 Å². The summed E-state index contributed by atoms with van der Waals surface area (Å²) in [7, 11) is 0. The molecular weight excluding hydrogens is 243 g/mol. The summed E-state index contributed by atoms with van der Waals surface area (Å²) < 4.78 is 19.6. The van der Waals surface area contributed by atoms with E-state index in [4.69, 9.17) is 15.9 Å². The van der Waals surface area contributed by atoms with Crippen molar-refractivity contribution in [2.75, 3.05) is 0 Å². The van der Waals surface area contributed by atoms with Crippen LogP contribution in [0, 0.1) is 16.6 Å². The minimum Gasteiger partial charge on any atom is -0.487 e. The van der Waals surface area contributed by atoms with Crippen LogP contribution < -0.4 is 10.5 Å². The summed E-state index contributed by atoms with van der Waals surface area (Å²) in [4.78, 5) is 0. The molecule has 0 aliphatic heterocycles. The number of amidine groups is 1. The van der Waals surface area contributed by atoms with E-state index in [1.807, 2.05) is 0 Å². The summed E-state index contributed by atoms with van der Waals surface area (Å²) in [5, 5.41) is 7.27. The van der Waals surface area contributed by atoms with Crippen molar-refractivity contribution in [1.82, 2.24) is 0 Å². The Kier molecular flexibility index (Phi) is 3.78.